The van der Waals surface area contributed by atoms with Crippen molar-refractivity contribution in [2.45, 2.75) is 19.8 Å². The lowest BCUT2D eigenvalue weighted by Gasteiger charge is -2.03. The first-order valence-electron chi connectivity index (χ1n) is 5.38. The number of fused-ring (bicyclic) bond motifs is 1. The second-order valence-corrected chi connectivity index (χ2v) is 3.77. The molecule has 0 fully saturated rings. The summed E-state index contributed by atoms with van der Waals surface area (Å²) in [6.07, 6.45) is 1.86. The molecule has 0 spiro atoms. The Morgan fingerprint density at radius 2 is 2.19 bits per heavy atom. The number of benzene rings is 1. The van der Waals surface area contributed by atoms with Crippen LogP contribution in [0.25, 0.3) is 0 Å². The summed E-state index contributed by atoms with van der Waals surface area (Å²) in [4.78, 5) is 10.7. The molecule has 4 nitrogen and oxygen atoms in total. The Labute approximate surface area is 94.6 Å². The Balaban J connectivity index is 1.83. The molecule has 0 atom stereocenters. The van der Waals surface area contributed by atoms with Gasteiger partial charge in [0.15, 0.2) is 11.5 Å². The summed E-state index contributed by atoms with van der Waals surface area (Å²) in [5.74, 6) is 1.65. The normalized spacial score (nSPS) is 12.6. The molecule has 86 valence electrons. The molecule has 0 radical (unpaired) electrons. The zero-order chi connectivity index (χ0) is 11.4. The van der Waals surface area contributed by atoms with Gasteiger partial charge in [-0.3, -0.25) is 4.79 Å². The van der Waals surface area contributed by atoms with E-state index in [1.807, 2.05) is 18.2 Å². The maximum Gasteiger partial charge on any atom is 0.231 e. The van der Waals surface area contributed by atoms with Crippen molar-refractivity contribution < 1.29 is 14.3 Å². The fourth-order valence-corrected chi connectivity index (χ4v) is 1.65. The van der Waals surface area contributed by atoms with E-state index in [0.717, 1.165) is 24.3 Å². The smallest absolute Gasteiger partial charge is 0.231 e. The van der Waals surface area contributed by atoms with Gasteiger partial charge in [-0.05, 0) is 30.5 Å². The Morgan fingerprint density at radius 1 is 1.38 bits per heavy atom. The van der Waals surface area contributed by atoms with E-state index < -0.39 is 0 Å². The van der Waals surface area contributed by atoms with E-state index >= 15 is 0 Å². The lowest BCUT2D eigenvalue weighted by molar-refractivity contribution is -0.118. The third kappa shape index (κ3) is 2.66. The minimum absolute atomic E-state index is 0.0192. The van der Waals surface area contributed by atoms with Crippen molar-refractivity contribution >= 4 is 5.91 Å². The molecule has 1 aliphatic heterocycles. The van der Waals surface area contributed by atoms with Gasteiger partial charge in [-0.25, -0.2) is 0 Å². The van der Waals surface area contributed by atoms with Crippen molar-refractivity contribution in [2.24, 2.45) is 0 Å². The minimum atomic E-state index is 0.0192. The molecule has 1 aromatic rings. The molecule has 1 heterocycles. The van der Waals surface area contributed by atoms with E-state index in [1.54, 1.807) is 0 Å². The SMILES string of the molecule is CC(=O)NCCCc1ccc2c(c1)OCO2. The van der Waals surface area contributed by atoms with Gasteiger partial charge in [0.2, 0.25) is 12.7 Å². The Bertz CT molecular complexity index is 390. The van der Waals surface area contributed by atoms with Crippen LogP contribution in [0.1, 0.15) is 18.9 Å². The topological polar surface area (TPSA) is 47.6 Å². The Hall–Kier alpha value is -1.71. The average molecular weight is 221 g/mol. The van der Waals surface area contributed by atoms with Crippen LogP contribution in [-0.4, -0.2) is 19.2 Å². The molecule has 1 N–H and O–H groups in total. The average Bonchev–Trinajstić information content (AvgIpc) is 2.71. The lowest BCUT2D eigenvalue weighted by Crippen LogP contribution is -2.21. The van der Waals surface area contributed by atoms with Gasteiger partial charge in [0, 0.05) is 13.5 Å². The predicted octanol–water partition coefficient (Wildman–Crippen LogP) is 1.48. The van der Waals surface area contributed by atoms with Crippen molar-refractivity contribution in [2.75, 3.05) is 13.3 Å². The van der Waals surface area contributed by atoms with Crippen molar-refractivity contribution in [1.29, 1.82) is 0 Å². The summed E-state index contributed by atoms with van der Waals surface area (Å²) in [6, 6.07) is 5.95. The van der Waals surface area contributed by atoms with Gasteiger partial charge in [-0.15, -0.1) is 0 Å². The van der Waals surface area contributed by atoms with Crippen molar-refractivity contribution in [3.05, 3.63) is 23.8 Å². The molecule has 0 aliphatic carbocycles. The predicted molar refractivity (Wildman–Crippen MR) is 59.6 cm³/mol. The number of carbonyl (C=O) groups is 1. The molecule has 1 amide bonds. The molecule has 0 saturated heterocycles. The van der Waals surface area contributed by atoms with Crippen LogP contribution >= 0.6 is 0 Å². The molecular weight excluding hydrogens is 206 g/mol. The van der Waals surface area contributed by atoms with Crippen LogP contribution in [0.3, 0.4) is 0 Å². The largest absolute Gasteiger partial charge is 0.454 e. The third-order valence-electron chi connectivity index (χ3n) is 2.45. The van der Waals surface area contributed by atoms with Crippen molar-refractivity contribution in [3.63, 3.8) is 0 Å². The van der Waals surface area contributed by atoms with E-state index in [1.165, 1.54) is 12.5 Å². The summed E-state index contributed by atoms with van der Waals surface area (Å²) >= 11 is 0. The number of amides is 1. The quantitative estimate of drug-likeness (QED) is 0.783. The number of carbonyl (C=O) groups excluding carboxylic acids is 1. The van der Waals surface area contributed by atoms with Gasteiger partial charge in [-0.2, -0.15) is 0 Å². The molecule has 0 unspecified atom stereocenters. The standard InChI is InChI=1S/C12H15NO3/c1-9(14)13-6-2-3-10-4-5-11-12(7-10)16-8-15-11/h4-5,7H,2-3,6,8H2,1H3,(H,13,14). The first-order chi connectivity index (χ1) is 7.75. The second kappa shape index (κ2) is 4.88. The van der Waals surface area contributed by atoms with Crippen LogP contribution < -0.4 is 14.8 Å². The third-order valence-corrected chi connectivity index (χ3v) is 2.45. The number of aryl methyl sites for hydroxylation is 1. The Morgan fingerprint density at radius 3 is 3.00 bits per heavy atom. The van der Waals surface area contributed by atoms with Gasteiger partial charge in [0.05, 0.1) is 0 Å². The van der Waals surface area contributed by atoms with Gasteiger partial charge >= 0.3 is 0 Å². The summed E-state index contributed by atoms with van der Waals surface area (Å²) in [6.45, 7) is 2.55. The second-order valence-electron chi connectivity index (χ2n) is 3.77. The molecule has 1 aromatic carbocycles. The molecule has 0 saturated carbocycles. The molecule has 2 rings (SSSR count). The fraction of sp³-hybridized carbons (Fsp3) is 0.417. The van der Waals surface area contributed by atoms with Gasteiger partial charge in [-0.1, -0.05) is 6.07 Å². The van der Waals surface area contributed by atoms with E-state index in [4.69, 9.17) is 9.47 Å². The fourth-order valence-electron chi connectivity index (χ4n) is 1.65. The van der Waals surface area contributed by atoms with Gasteiger partial charge in [0.1, 0.15) is 0 Å². The van der Waals surface area contributed by atoms with E-state index in [9.17, 15) is 4.79 Å². The molecule has 0 aromatic heterocycles. The number of hydrogen-bond donors (Lipinski definition) is 1. The molecule has 0 bridgehead atoms. The number of ether oxygens (including phenoxy) is 2. The Kier molecular flexibility index (Phi) is 3.29. The number of hydrogen-bond acceptors (Lipinski definition) is 3. The summed E-state index contributed by atoms with van der Waals surface area (Å²) < 4.78 is 10.5. The molecule has 1 aliphatic rings. The summed E-state index contributed by atoms with van der Waals surface area (Å²) in [5, 5.41) is 2.77. The highest BCUT2D eigenvalue weighted by Gasteiger charge is 2.12. The van der Waals surface area contributed by atoms with Crippen molar-refractivity contribution in [3.8, 4) is 11.5 Å². The minimum Gasteiger partial charge on any atom is -0.454 e. The van der Waals surface area contributed by atoms with E-state index in [2.05, 4.69) is 5.32 Å². The van der Waals surface area contributed by atoms with Crippen LogP contribution in [0.5, 0.6) is 11.5 Å². The van der Waals surface area contributed by atoms with Gasteiger partial charge in [0.25, 0.3) is 0 Å². The van der Waals surface area contributed by atoms with Crippen molar-refractivity contribution in [1.82, 2.24) is 5.32 Å². The van der Waals surface area contributed by atoms with Crippen LogP contribution in [0.2, 0.25) is 0 Å². The van der Waals surface area contributed by atoms with Crippen LogP contribution in [-0.2, 0) is 11.2 Å². The molecule has 4 heteroatoms. The monoisotopic (exact) mass is 221 g/mol. The zero-order valence-electron chi connectivity index (χ0n) is 9.29. The van der Waals surface area contributed by atoms with Crippen LogP contribution in [0.4, 0.5) is 0 Å². The molecular formula is C12H15NO3. The van der Waals surface area contributed by atoms with E-state index in [0.29, 0.717) is 13.3 Å². The van der Waals surface area contributed by atoms with Crippen LogP contribution in [0.15, 0.2) is 18.2 Å². The van der Waals surface area contributed by atoms with E-state index in [-0.39, 0.29) is 5.91 Å². The number of nitrogens with one attached hydrogen (secondary N) is 1. The van der Waals surface area contributed by atoms with Gasteiger partial charge < -0.3 is 14.8 Å². The number of rotatable bonds is 4. The highest BCUT2D eigenvalue weighted by atomic mass is 16.7. The maximum absolute atomic E-state index is 10.7. The molecule has 16 heavy (non-hydrogen) atoms. The highest BCUT2D eigenvalue weighted by Crippen LogP contribution is 2.32. The first-order valence-corrected chi connectivity index (χ1v) is 5.38. The zero-order valence-corrected chi connectivity index (χ0v) is 9.29. The lowest BCUT2D eigenvalue weighted by atomic mass is 10.1. The maximum atomic E-state index is 10.7. The first kappa shape index (κ1) is 10.8. The summed E-state index contributed by atoms with van der Waals surface area (Å²) in [7, 11) is 0. The summed E-state index contributed by atoms with van der Waals surface area (Å²) in [5.41, 5.74) is 1.20. The van der Waals surface area contributed by atoms with Crippen LogP contribution in [0, 0.1) is 0 Å². The highest BCUT2D eigenvalue weighted by molar-refractivity contribution is 5.72.